The zero-order valence-corrected chi connectivity index (χ0v) is 20.1. The fraction of sp³-hybridized carbons (Fsp3) is 0.429. The van der Waals surface area contributed by atoms with Gasteiger partial charge in [-0.25, -0.2) is 9.59 Å². The summed E-state index contributed by atoms with van der Waals surface area (Å²) in [4.78, 5) is 25.2. The van der Waals surface area contributed by atoms with E-state index in [0.29, 0.717) is 19.3 Å². The lowest BCUT2D eigenvalue weighted by Gasteiger charge is -2.46. The fourth-order valence-corrected chi connectivity index (χ4v) is 5.35. The quantitative estimate of drug-likeness (QED) is 0.498. The van der Waals surface area contributed by atoms with Crippen LogP contribution < -0.4 is 5.32 Å². The van der Waals surface area contributed by atoms with Gasteiger partial charge in [0, 0.05) is 30.6 Å². The highest BCUT2D eigenvalue weighted by Crippen LogP contribution is 2.44. The molecular formula is C28H33N2O4+. The number of amides is 1. The highest BCUT2D eigenvalue weighted by molar-refractivity contribution is 5.81. The topological polar surface area (TPSA) is 75.6 Å². The van der Waals surface area contributed by atoms with Gasteiger partial charge in [-0.15, -0.1) is 11.8 Å². The number of rotatable bonds is 6. The van der Waals surface area contributed by atoms with Gasteiger partial charge in [0.1, 0.15) is 12.6 Å². The fourth-order valence-electron chi connectivity index (χ4n) is 5.35. The van der Waals surface area contributed by atoms with Crippen molar-refractivity contribution in [2.75, 3.05) is 33.8 Å². The zero-order chi connectivity index (χ0) is 24.3. The van der Waals surface area contributed by atoms with Gasteiger partial charge in [0.25, 0.3) is 0 Å². The molecule has 1 atom stereocenters. The van der Waals surface area contributed by atoms with Crippen LogP contribution in [-0.2, 0) is 9.53 Å². The number of carbonyl (C=O) groups is 2. The minimum atomic E-state index is -1.05. The SMILES string of the molecule is CC#CCC1([C@@H](NC(=O)OCC2c3ccccc3-c3ccccc32)C(=O)O)CC[N+](C)(C)CC1. The summed E-state index contributed by atoms with van der Waals surface area (Å²) in [6, 6.07) is 15.2. The average molecular weight is 462 g/mol. The number of carbonyl (C=O) groups excluding carboxylic acids is 1. The average Bonchev–Trinajstić information content (AvgIpc) is 3.15. The number of piperidine rings is 1. The van der Waals surface area contributed by atoms with Crippen LogP contribution in [0.25, 0.3) is 11.1 Å². The van der Waals surface area contributed by atoms with E-state index in [4.69, 9.17) is 4.74 Å². The summed E-state index contributed by atoms with van der Waals surface area (Å²) in [7, 11) is 4.29. The van der Waals surface area contributed by atoms with E-state index in [1.807, 2.05) is 24.3 Å². The molecule has 0 aromatic heterocycles. The van der Waals surface area contributed by atoms with E-state index in [1.54, 1.807) is 6.92 Å². The van der Waals surface area contributed by atoms with E-state index in [9.17, 15) is 14.7 Å². The second-order valence-electron chi connectivity index (χ2n) is 10.1. The molecule has 2 N–H and O–H groups in total. The van der Waals surface area contributed by atoms with Crippen LogP contribution in [0, 0.1) is 17.3 Å². The van der Waals surface area contributed by atoms with E-state index < -0.39 is 23.5 Å². The van der Waals surface area contributed by atoms with Crippen LogP contribution in [0.5, 0.6) is 0 Å². The number of carboxylic acid groups (broad SMARTS) is 1. The standard InChI is InChI=1S/C28H32N2O4/c1-4-5-14-28(15-17-30(2,3)18-16-28)25(26(31)32)29-27(33)34-19-24-22-12-8-6-10-20(22)21-11-7-9-13-23(21)24/h6-13,24-25H,14-19H2,1-3H3,(H-,29,31,32,33)/p+1/t25-/m0/s1. The largest absolute Gasteiger partial charge is 0.480 e. The molecule has 2 aliphatic rings. The first-order valence-corrected chi connectivity index (χ1v) is 11.8. The van der Waals surface area contributed by atoms with E-state index in [2.05, 4.69) is 55.5 Å². The number of nitrogens with zero attached hydrogens (tertiary/aromatic N) is 1. The Hall–Kier alpha value is -3.30. The zero-order valence-electron chi connectivity index (χ0n) is 20.1. The number of fused-ring (bicyclic) bond motifs is 3. The van der Waals surface area contributed by atoms with Crippen LogP contribution in [-0.4, -0.2) is 61.5 Å². The van der Waals surface area contributed by atoms with E-state index in [0.717, 1.165) is 39.8 Å². The molecule has 0 radical (unpaired) electrons. The molecule has 6 heteroatoms. The second-order valence-corrected chi connectivity index (χ2v) is 10.1. The van der Waals surface area contributed by atoms with Crippen molar-refractivity contribution in [1.82, 2.24) is 5.32 Å². The van der Waals surface area contributed by atoms with Crippen molar-refractivity contribution in [3.8, 4) is 23.0 Å². The molecule has 4 rings (SSSR count). The van der Waals surface area contributed by atoms with E-state index >= 15 is 0 Å². The molecule has 34 heavy (non-hydrogen) atoms. The Balaban J connectivity index is 1.49. The predicted molar refractivity (Wildman–Crippen MR) is 131 cm³/mol. The summed E-state index contributed by atoms with van der Waals surface area (Å²) in [6.45, 7) is 3.58. The maximum absolute atomic E-state index is 12.9. The van der Waals surface area contributed by atoms with Crippen LogP contribution in [0.2, 0.25) is 0 Å². The minimum Gasteiger partial charge on any atom is -0.480 e. The number of hydrogen-bond donors (Lipinski definition) is 2. The molecule has 0 saturated carbocycles. The predicted octanol–water partition coefficient (Wildman–Crippen LogP) is 4.25. The van der Waals surface area contributed by atoms with Crippen molar-refractivity contribution in [3.63, 3.8) is 0 Å². The van der Waals surface area contributed by atoms with Crippen molar-refractivity contribution in [2.45, 2.75) is 38.1 Å². The number of carboxylic acids is 1. The summed E-state index contributed by atoms with van der Waals surface area (Å²) in [5.41, 5.74) is 3.92. The third-order valence-corrected chi connectivity index (χ3v) is 7.51. The lowest BCUT2D eigenvalue weighted by atomic mass is 9.69. The molecule has 6 nitrogen and oxygen atoms in total. The van der Waals surface area contributed by atoms with Crippen molar-refractivity contribution >= 4 is 12.1 Å². The number of hydrogen-bond acceptors (Lipinski definition) is 3. The van der Waals surface area contributed by atoms with Crippen molar-refractivity contribution in [1.29, 1.82) is 0 Å². The highest BCUT2D eigenvalue weighted by atomic mass is 16.5. The second kappa shape index (κ2) is 9.52. The maximum Gasteiger partial charge on any atom is 0.407 e. The summed E-state index contributed by atoms with van der Waals surface area (Å²) in [6.07, 6.45) is 1.09. The summed E-state index contributed by atoms with van der Waals surface area (Å²) < 4.78 is 6.48. The molecule has 0 spiro atoms. The number of benzene rings is 2. The van der Waals surface area contributed by atoms with Crippen molar-refractivity contribution in [2.24, 2.45) is 5.41 Å². The lowest BCUT2D eigenvalue weighted by Crippen LogP contribution is -2.59. The Morgan fingerprint density at radius 2 is 1.65 bits per heavy atom. The molecule has 1 amide bonds. The normalized spacial score (nSPS) is 18.6. The minimum absolute atomic E-state index is 0.0749. The van der Waals surface area contributed by atoms with Gasteiger partial charge in [-0.3, -0.25) is 0 Å². The molecule has 1 aliphatic heterocycles. The first-order chi connectivity index (χ1) is 16.3. The Bertz CT molecular complexity index is 1090. The van der Waals surface area contributed by atoms with Gasteiger partial charge in [-0.1, -0.05) is 48.5 Å². The highest BCUT2D eigenvalue weighted by Gasteiger charge is 2.48. The number of alkyl carbamates (subject to hydrolysis) is 1. The first kappa shape index (κ1) is 23.8. The molecular weight excluding hydrogens is 428 g/mol. The molecule has 1 aliphatic carbocycles. The maximum atomic E-state index is 12.9. The number of nitrogens with one attached hydrogen (secondary N) is 1. The van der Waals surface area contributed by atoms with E-state index in [1.165, 1.54) is 0 Å². The number of aliphatic carboxylic acids is 1. The van der Waals surface area contributed by atoms with Gasteiger partial charge in [-0.05, 0) is 29.2 Å². The third-order valence-electron chi connectivity index (χ3n) is 7.51. The van der Waals surface area contributed by atoms with Crippen LogP contribution in [0.4, 0.5) is 4.79 Å². The van der Waals surface area contributed by atoms with Gasteiger partial charge in [-0.2, -0.15) is 0 Å². The van der Waals surface area contributed by atoms with Gasteiger partial charge in [0.2, 0.25) is 0 Å². The Morgan fingerprint density at radius 3 is 2.18 bits per heavy atom. The molecule has 2 aromatic rings. The first-order valence-electron chi connectivity index (χ1n) is 11.8. The van der Waals surface area contributed by atoms with Gasteiger partial charge < -0.3 is 19.6 Å². The third kappa shape index (κ3) is 4.67. The van der Waals surface area contributed by atoms with Gasteiger partial charge >= 0.3 is 12.1 Å². The van der Waals surface area contributed by atoms with Gasteiger partial charge in [0.15, 0.2) is 0 Å². The summed E-state index contributed by atoms with van der Waals surface area (Å²) in [5, 5.41) is 12.8. The Labute approximate surface area is 201 Å². The number of quaternary nitrogens is 1. The summed E-state index contributed by atoms with van der Waals surface area (Å²) in [5.74, 6) is 4.86. The van der Waals surface area contributed by atoms with E-state index in [-0.39, 0.29) is 12.5 Å². The lowest BCUT2D eigenvalue weighted by molar-refractivity contribution is -0.897. The molecule has 1 heterocycles. The molecule has 0 bridgehead atoms. The van der Waals surface area contributed by atoms with Crippen molar-refractivity contribution < 1.29 is 23.9 Å². The van der Waals surface area contributed by atoms with Crippen LogP contribution >= 0.6 is 0 Å². The molecule has 2 aromatic carbocycles. The molecule has 0 unspecified atom stereocenters. The Morgan fingerprint density at radius 1 is 1.09 bits per heavy atom. The molecule has 178 valence electrons. The van der Waals surface area contributed by atoms with Crippen LogP contribution in [0.3, 0.4) is 0 Å². The smallest absolute Gasteiger partial charge is 0.407 e. The Kier molecular flexibility index (Phi) is 6.67. The molecule has 1 fully saturated rings. The number of ether oxygens (including phenoxy) is 1. The van der Waals surface area contributed by atoms with Crippen LogP contribution in [0.15, 0.2) is 48.5 Å². The van der Waals surface area contributed by atoms with Crippen LogP contribution in [0.1, 0.15) is 43.2 Å². The summed E-state index contributed by atoms with van der Waals surface area (Å²) >= 11 is 0. The van der Waals surface area contributed by atoms with Gasteiger partial charge in [0.05, 0.1) is 27.2 Å². The monoisotopic (exact) mass is 461 g/mol. The number of likely N-dealkylation sites (tertiary alicyclic amines) is 1. The van der Waals surface area contributed by atoms with Crippen molar-refractivity contribution in [3.05, 3.63) is 59.7 Å². The molecule has 1 saturated heterocycles.